The monoisotopic (exact) mass is 361 g/mol. The van der Waals surface area contributed by atoms with Crippen LogP contribution in [-0.4, -0.2) is 35.6 Å². The molecule has 0 saturated heterocycles. The second-order valence-corrected chi connectivity index (χ2v) is 6.00. The third-order valence-corrected chi connectivity index (χ3v) is 4.32. The molecular formula is C14H25FN5O3P. The van der Waals surface area contributed by atoms with E-state index in [0.717, 1.165) is 6.20 Å². The summed E-state index contributed by atoms with van der Waals surface area (Å²) >= 11 is 0. The Kier molecular flexibility index (Phi) is 9.48. The zero-order chi connectivity index (χ0) is 17.9. The number of nitrogen functional groups attached to an aromatic ring is 2. The van der Waals surface area contributed by atoms with Gasteiger partial charge in [-0.1, -0.05) is 6.92 Å². The average Bonchev–Trinajstić information content (AvgIpc) is 2.57. The Morgan fingerprint density at radius 3 is 2.54 bits per heavy atom. The summed E-state index contributed by atoms with van der Waals surface area (Å²) in [5.41, 5.74) is 11.4. The summed E-state index contributed by atoms with van der Waals surface area (Å²) in [6, 6.07) is 0. The van der Waals surface area contributed by atoms with Crippen molar-refractivity contribution >= 4 is 25.7 Å². The minimum Gasteiger partial charge on any atom is -0.393 e. The summed E-state index contributed by atoms with van der Waals surface area (Å²) < 4.78 is 30.7. The first-order chi connectivity index (χ1) is 11.5. The molecule has 0 aromatic carbocycles. The van der Waals surface area contributed by atoms with Crippen molar-refractivity contribution < 1.29 is 18.2 Å². The van der Waals surface area contributed by atoms with E-state index in [1.54, 1.807) is 0 Å². The summed E-state index contributed by atoms with van der Waals surface area (Å²) in [6.07, 6.45) is 2.32. The van der Waals surface area contributed by atoms with Gasteiger partial charge in [-0.05, 0) is 20.3 Å². The molecular weight excluding hydrogens is 336 g/mol. The topological polar surface area (TPSA) is 118 Å². The Hall–Kier alpha value is -1.54. The van der Waals surface area contributed by atoms with Crippen molar-refractivity contribution in [2.45, 2.75) is 33.3 Å². The molecule has 1 heterocycles. The number of aromatic nitrogens is 2. The third-order valence-electron chi connectivity index (χ3n) is 2.87. The van der Waals surface area contributed by atoms with E-state index >= 15 is 0 Å². The van der Waals surface area contributed by atoms with Crippen LogP contribution < -0.4 is 16.8 Å². The Morgan fingerprint density at radius 1 is 1.29 bits per heavy atom. The number of hydrogen-bond acceptors (Lipinski definition) is 8. The van der Waals surface area contributed by atoms with Crippen molar-refractivity contribution in [3.05, 3.63) is 18.4 Å². The molecule has 10 heteroatoms. The number of anilines is 3. The Labute approximate surface area is 142 Å². The highest BCUT2D eigenvalue weighted by Gasteiger charge is 2.18. The molecule has 0 fully saturated rings. The number of ether oxygens (including phenoxy) is 1. The molecule has 0 amide bonds. The van der Waals surface area contributed by atoms with E-state index in [-0.39, 0.29) is 23.7 Å². The number of hydrogen-bond donors (Lipinski definition) is 3. The van der Waals surface area contributed by atoms with Gasteiger partial charge in [-0.2, -0.15) is 0 Å². The van der Waals surface area contributed by atoms with Crippen LogP contribution in [0.1, 0.15) is 27.2 Å². The van der Waals surface area contributed by atoms with Gasteiger partial charge in [-0.25, -0.2) is 14.4 Å². The lowest BCUT2D eigenvalue weighted by molar-refractivity contribution is 0.0811. The summed E-state index contributed by atoms with van der Waals surface area (Å²) in [5.74, 6) is -0.126. The minimum atomic E-state index is -1.18. The molecule has 24 heavy (non-hydrogen) atoms. The molecule has 1 aromatic heterocycles. The molecule has 0 spiro atoms. The molecule has 0 aliphatic carbocycles. The zero-order valence-electron chi connectivity index (χ0n) is 14.2. The van der Waals surface area contributed by atoms with E-state index in [1.165, 1.54) is 6.33 Å². The van der Waals surface area contributed by atoms with Gasteiger partial charge < -0.3 is 30.6 Å². The fraction of sp³-hybridized carbons (Fsp3) is 0.571. The molecule has 0 bridgehead atoms. The zero-order valence-corrected chi connectivity index (χ0v) is 15.1. The lowest BCUT2D eigenvalue weighted by Crippen LogP contribution is -2.15. The van der Waals surface area contributed by atoms with Gasteiger partial charge in [0.05, 0.1) is 13.2 Å². The normalized spacial score (nSPS) is 13.3. The second-order valence-electron chi connectivity index (χ2n) is 4.56. The molecule has 0 saturated carbocycles. The van der Waals surface area contributed by atoms with Gasteiger partial charge in [0.2, 0.25) is 0 Å². The van der Waals surface area contributed by atoms with Crippen molar-refractivity contribution in [3.63, 3.8) is 0 Å². The van der Waals surface area contributed by atoms with Crippen LogP contribution >= 0.6 is 8.38 Å². The van der Waals surface area contributed by atoms with Crippen LogP contribution in [0.2, 0.25) is 0 Å². The van der Waals surface area contributed by atoms with E-state index in [0.29, 0.717) is 19.6 Å². The van der Waals surface area contributed by atoms with Gasteiger partial charge in [0.25, 0.3) is 0 Å². The quantitative estimate of drug-likeness (QED) is 0.515. The first-order valence-corrected chi connectivity index (χ1v) is 9.02. The molecule has 1 atom stereocenters. The van der Waals surface area contributed by atoms with Crippen LogP contribution in [-0.2, 0) is 13.8 Å². The van der Waals surface area contributed by atoms with Gasteiger partial charge in [-0.3, -0.25) is 0 Å². The Morgan fingerprint density at radius 2 is 1.96 bits per heavy atom. The second kappa shape index (κ2) is 11.1. The Balaban J connectivity index is 2.64. The first kappa shape index (κ1) is 20.5. The molecule has 1 unspecified atom stereocenters. The average molecular weight is 361 g/mol. The van der Waals surface area contributed by atoms with Crippen LogP contribution in [0.5, 0.6) is 0 Å². The van der Waals surface area contributed by atoms with Crippen molar-refractivity contribution in [2.24, 2.45) is 0 Å². The lowest BCUT2D eigenvalue weighted by atomic mass is 10.2. The summed E-state index contributed by atoms with van der Waals surface area (Å²) in [4.78, 5) is 7.64. The maximum Gasteiger partial charge on any atom is 0.198 e. The highest BCUT2D eigenvalue weighted by Crippen LogP contribution is 2.38. The van der Waals surface area contributed by atoms with Crippen molar-refractivity contribution in [1.29, 1.82) is 0 Å². The van der Waals surface area contributed by atoms with Crippen LogP contribution in [0.25, 0.3) is 0 Å². The maximum atomic E-state index is 14.3. The lowest BCUT2D eigenvalue weighted by Gasteiger charge is -2.19. The van der Waals surface area contributed by atoms with Crippen LogP contribution in [0, 0.1) is 0 Å². The van der Waals surface area contributed by atoms with Crippen LogP contribution in [0.15, 0.2) is 18.4 Å². The third kappa shape index (κ3) is 6.52. The van der Waals surface area contributed by atoms with E-state index in [1.807, 2.05) is 20.8 Å². The maximum absolute atomic E-state index is 14.3. The smallest absolute Gasteiger partial charge is 0.198 e. The van der Waals surface area contributed by atoms with E-state index in [4.69, 9.17) is 25.3 Å². The molecule has 0 aliphatic heterocycles. The van der Waals surface area contributed by atoms with Crippen LogP contribution in [0.3, 0.4) is 0 Å². The molecule has 0 aliphatic rings. The number of rotatable bonds is 11. The number of nitrogens with one attached hydrogen (secondary N) is 1. The van der Waals surface area contributed by atoms with Gasteiger partial charge in [0.1, 0.15) is 30.3 Å². The van der Waals surface area contributed by atoms with Gasteiger partial charge in [0.15, 0.2) is 20.0 Å². The van der Waals surface area contributed by atoms with Crippen molar-refractivity contribution in [1.82, 2.24) is 9.97 Å². The fourth-order valence-electron chi connectivity index (χ4n) is 1.70. The fourth-order valence-corrected chi connectivity index (χ4v) is 2.80. The summed E-state index contributed by atoms with van der Waals surface area (Å²) in [6.45, 7) is 6.58. The SMILES string of the molecule is CCOP(COC(CC)/C(F)=C\Nc1ncnc(N)c1N)OCC. The molecule has 0 radical (unpaired) electrons. The number of nitrogens with two attached hydrogens (primary N) is 2. The summed E-state index contributed by atoms with van der Waals surface area (Å²) in [7, 11) is -1.18. The highest BCUT2D eigenvalue weighted by atomic mass is 31.2. The molecule has 1 aromatic rings. The highest BCUT2D eigenvalue weighted by molar-refractivity contribution is 7.47. The minimum absolute atomic E-state index is 0.128. The van der Waals surface area contributed by atoms with E-state index in [2.05, 4.69) is 15.3 Å². The molecule has 5 N–H and O–H groups in total. The molecule has 136 valence electrons. The largest absolute Gasteiger partial charge is 0.393 e. The van der Waals surface area contributed by atoms with Gasteiger partial charge in [-0.15, -0.1) is 0 Å². The van der Waals surface area contributed by atoms with E-state index < -0.39 is 20.3 Å². The van der Waals surface area contributed by atoms with Gasteiger partial charge in [0, 0.05) is 6.20 Å². The standard InChI is InChI=1S/C14H25FN5O3P/c1-4-11(21-9-24(22-5-2)23-6-3)10(15)7-18-14-12(16)13(17)19-8-20-14/h7-8,11H,4-6,9,16H2,1-3H3,(H3,17,18,19,20)/b10-7+. The Bertz CT molecular complexity index is 529. The van der Waals surface area contributed by atoms with E-state index in [9.17, 15) is 4.39 Å². The summed E-state index contributed by atoms with van der Waals surface area (Å²) in [5, 5.41) is 2.68. The van der Waals surface area contributed by atoms with Crippen LogP contribution in [0.4, 0.5) is 21.7 Å². The number of halogens is 1. The van der Waals surface area contributed by atoms with Crippen molar-refractivity contribution in [2.75, 3.05) is 36.3 Å². The number of nitrogens with zero attached hydrogens (tertiary/aromatic N) is 2. The first-order valence-electron chi connectivity index (χ1n) is 7.66. The molecule has 1 rings (SSSR count). The molecule has 8 nitrogen and oxygen atoms in total. The van der Waals surface area contributed by atoms with Crippen molar-refractivity contribution in [3.8, 4) is 0 Å². The predicted octanol–water partition coefficient (Wildman–Crippen LogP) is 3.00. The predicted molar refractivity (Wildman–Crippen MR) is 93.9 cm³/mol. The van der Waals surface area contributed by atoms with Gasteiger partial charge >= 0.3 is 0 Å².